The number of hydrogen-bond acceptors (Lipinski definition) is 5. The van der Waals surface area contributed by atoms with Crippen molar-refractivity contribution < 1.29 is 13.2 Å². The molecule has 1 aromatic heterocycles. The number of nitrogens with zero attached hydrogens (tertiary/aromatic N) is 3. The Morgan fingerprint density at radius 1 is 1.33 bits per heavy atom. The van der Waals surface area contributed by atoms with E-state index in [4.69, 9.17) is 4.74 Å². The number of likely N-dealkylation sites (tertiary alicyclic amines) is 1. The Morgan fingerprint density at radius 2 is 2.04 bits per heavy atom. The molecule has 2 saturated heterocycles. The van der Waals surface area contributed by atoms with Gasteiger partial charge in [-0.25, -0.2) is 8.42 Å². The second-order valence-corrected chi connectivity index (χ2v) is 9.30. The van der Waals surface area contributed by atoms with E-state index >= 15 is 0 Å². The number of aromatic nitrogens is 1. The fourth-order valence-corrected chi connectivity index (χ4v) is 4.97. The standard InChI is InChI=1S/C17H27N3O3S/c1-3-24(21,22)20-13-17(14-20)10-16(6-9-19(17)2)12-23-11-15-4-7-18-8-5-15/h4-5,7-8,16H,3,6,9-14H2,1-2H3. The van der Waals surface area contributed by atoms with Crippen LogP contribution in [0.15, 0.2) is 24.5 Å². The molecule has 6 nitrogen and oxygen atoms in total. The van der Waals surface area contributed by atoms with Crippen molar-refractivity contribution in [2.45, 2.75) is 31.9 Å². The highest BCUT2D eigenvalue weighted by Crippen LogP contribution is 2.39. The highest BCUT2D eigenvalue weighted by molar-refractivity contribution is 7.89. The number of sulfonamides is 1. The van der Waals surface area contributed by atoms with Crippen LogP contribution >= 0.6 is 0 Å². The molecule has 1 spiro atoms. The van der Waals surface area contributed by atoms with Crippen molar-refractivity contribution in [1.82, 2.24) is 14.2 Å². The summed E-state index contributed by atoms with van der Waals surface area (Å²) in [5.41, 5.74) is 1.14. The lowest BCUT2D eigenvalue weighted by molar-refractivity contribution is -0.0599. The summed E-state index contributed by atoms with van der Waals surface area (Å²) in [7, 11) is -0.946. The lowest BCUT2D eigenvalue weighted by Gasteiger charge is -2.57. The molecule has 1 aromatic rings. The Labute approximate surface area is 144 Å². The SMILES string of the molecule is CCS(=O)(=O)N1CC2(CC(COCc3ccncc3)CCN2C)C1. The van der Waals surface area contributed by atoms with E-state index in [-0.39, 0.29) is 11.3 Å². The van der Waals surface area contributed by atoms with E-state index < -0.39 is 10.0 Å². The molecule has 1 unspecified atom stereocenters. The molecule has 2 aliphatic heterocycles. The van der Waals surface area contributed by atoms with Gasteiger partial charge in [-0.05, 0) is 57.0 Å². The van der Waals surface area contributed by atoms with Crippen molar-refractivity contribution in [2.75, 3.05) is 39.0 Å². The van der Waals surface area contributed by atoms with Crippen molar-refractivity contribution in [3.8, 4) is 0 Å². The van der Waals surface area contributed by atoms with Crippen LogP contribution in [0, 0.1) is 5.92 Å². The van der Waals surface area contributed by atoms with E-state index in [2.05, 4.69) is 16.9 Å². The third kappa shape index (κ3) is 3.64. The molecule has 0 amide bonds. The largest absolute Gasteiger partial charge is 0.376 e. The van der Waals surface area contributed by atoms with Crippen LogP contribution in [0.25, 0.3) is 0 Å². The number of piperidine rings is 1. The first-order valence-corrected chi connectivity index (χ1v) is 10.2. The summed E-state index contributed by atoms with van der Waals surface area (Å²) < 4.78 is 31.5. The first kappa shape index (κ1) is 17.8. The van der Waals surface area contributed by atoms with Crippen LogP contribution in [-0.2, 0) is 21.4 Å². The zero-order valence-corrected chi connectivity index (χ0v) is 15.3. The quantitative estimate of drug-likeness (QED) is 0.772. The zero-order valence-electron chi connectivity index (χ0n) is 14.5. The number of likely N-dealkylation sites (N-methyl/N-ethyl adjacent to an activating group) is 1. The third-order valence-corrected chi connectivity index (χ3v) is 7.20. The van der Waals surface area contributed by atoms with Crippen molar-refractivity contribution in [2.24, 2.45) is 5.92 Å². The average molecular weight is 353 g/mol. The lowest BCUT2D eigenvalue weighted by atomic mass is 9.77. The normalized spacial score (nSPS) is 24.8. The number of hydrogen-bond donors (Lipinski definition) is 0. The van der Waals surface area contributed by atoms with Crippen LogP contribution in [0.3, 0.4) is 0 Å². The van der Waals surface area contributed by atoms with E-state index in [1.165, 1.54) is 0 Å². The van der Waals surface area contributed by atoms with Crippen LogP contribution in [0.5, 0.6) is 0 Å². The Kier molecular flexibility index (Phi) is 5.24. The van der Waals surface area contributed by atoms with Gasteiger partial charge in [0.25, 0.3) is 0 Å². The van der Waals surface area contributed by atoms with Gasteiger partial charge in [-0.1, -0.05) is 0 Å². The van der Waals surface area contributed by atoms with Crippen LogP contribution in [0.4, 0.5) is 0 Å². The van der Waals surface area contributed by atoms with Crippen molar-refractivity contribution in [3.63, 3.8) is 0 Å². The maximum absolute atomic E-state index is 12.0. The summed E-state index contributed by atoms with van der Waals surface area (Å²) >= 11 is 0. The first-order valence-electron chi connectivity index (χ1n) is 8.61. The summed E-state index contributed by atoms with van der Waals surface area (Å²) in [6.07, 6.45) is 5.67. The molecule has 0 aliphatic carbocycles. The van der Waals surface area contributed by atoms with Gasteiger partial charge in [0.15, 0.2) is 0 Å². The number of rotatable bonds is 6. The Hall–Kier alpha value is -1.02. The number of pyridine rings is 1. The molecular formula is C17H27N3O3S. The van der Waals surface area contributed by atoms with Gasteiger partial charge in [-0.3, -0.25) is 9.88 Å². The molecule has 134 valence electrons. The molecule has 2 fully saturated rings. The monoisotopic (exact) mass is 353 g/mol. The van der Waals surface area contributed by atoms with Gasteiger partial charge < -0.3 is 4.74 Å². The molecule has 0 aromatic carbocycles. The summed E-state index contributed by atoms with van der Waals surface area (Å²) in [5, 5.41) is 0. The van der Waals surface area contributed by atoms with Gasteiger partial charge in [0, 0.05) is 37.6 Å². The summed E-state index contributed by atoms with van der Waals surface area (Å²) in [5.74, 6) is 0.681. The van der Waals surface area contributed by atoms with Gasteiger partial charge in [0.2, 0.25) is 10.0 Å². The van der Waals surface area contributed by atoms with E-state index in [1.807, 2.05) is 12.1 Å². The maximum Gasteiger partial charge on any atom is 0.213 e. The van der Waals surface area contributed by atoms with Crippen LogP contribution in [0.2, 0.25) is 0 Å². The van der Waals surface area contributed by atoms with Crippen LogP contribution < -0.4 is 0 Å². The highest BCUT2D eigenvalue weighted by atomic mass is 32.2. The fourth-order valence-electron chi connectivity index (χ4n) is 3.73. The minimum atomic E-state index is -3.06. The lowest BCUT2D eigenvalue weighted by Crippen LogP contribution is -2.72. The average Bonchev–Trinajstić information content (AvgIpc) is 2.55. The second-order valence-electron chi connectivity index (χ2n) is 7.04. The van der Waals surface area contributed by atoms with Crippen molar-refractivity contribution >= 4 is 10.0 Å². The first-order chi connectivity index (χ1) is 11.5. The molecule has 3 rings (SSSR count). The Bertz CT molecular complexity index is 644. The van der Waals surface area contributed by atoms with Gasteiger partial charge in [0.1, 0.15) is 0 Å². The van der Waals surface area contributed by atoms with Crippen molar-refractivity contribution in [3.05, 3.63) is 30.1 Å². The molecule has 0 saturated carbocycles. The minimum absolute atomic E-state index is 0.00514. The third-order valence-electron chi connectivity index (χ3n) is 5.42. The van der Waals surface area contributed by atoms with E-state index in [1.54, 1.807) is 23.6 Å². The number of ether oxygens (including phenoxy) is 1. The van der Waals surface area contributed by atoms with Crippen LogP contribution in [0.1, 0.15) is 25.3 Å². The van der Waals surface area contributed by atoms with Gasteiger partial charge in [0.05, 0.1) is 12.4 Å². The fraction of sp³-hybridized carbons (Fsp3) is 0.706. The summed E-state index contributed by atoms with van der Waals surface area (Å²) in [6.45, 7) is 5.31. The summed E-state index contributed by atoms with van der Waals surface area (Å²) in [4.78, 5) is 6.35. The zero-order chi connectivity index (χ0) is 17.2. The predicted molar refractivity (Wildman–Crippen MR) is 93.0 cm³/mol. The molecule has 3 heterocycles. The maximum atomic E-state index is 12.0. The molecule has 7 heteroatoms. The smallest absolute Gasteiger partial charge is 0.213 e. The molecule has 1 atom stereocenters. The summed E-state index contributed by atoms with van der Waals surface area (Å²) in [6, 6.07) is 3.94. The van der Waals surface area contributed by atoms with Gasteiger partial charge in [-0.15, -0.1) is 0 Å². The van der Waals surface area contributed by atoms with Crippen LogP contribution in [-0.4, -0.2) is 67.2 Å². The molecule has 0 bridgehead atoms. The van der Waals surface area contributed by atoms with Gasteiger partial charge >= 0.3 is 0 Å². The topological polar surface area (TPSA) is 62.7 Å². The highest BCUT2D eigenvalue weighted by Gasteiger charge is 2.52. The van der Waals surface area contributed by atoms with Crippen molar-refractivity contribution in [1.29, 1.82) is 0 Å². The second kappa shape index (κ2) is 7.07. The van der Waals surface area contributed by atoms with E-state index in [0.29, 0.717) is 25.6 Å². The molecule has 2 aliphatic rings. The Balaban J connectivity index is 1.51. The van der Waals surface area contributed by atoms with E-state index in [0.717, 1.165) is 31.6 Å². The molecule has 0 radical (unpaired) electrons. The molecule has 0 N–H and O–H groups in total. The predicted octanol–water partition coefficient (Wildman–Crippen LogP) is 1.34. The Morgan fingerprint density at radius 3 is 2.71 bits per heavy atom. The molecule has 24 heavy (non-hydrogen) atoms. The van der Waals surface area contributed by atoms with E-state index in [9.17, 15) is 8.42 Å². The molecular weight excluding hydrogens is 326 g/mol. The van der Waals surface area contributed by atoms with Gasteiger partial charge in [-0.2, -0.15) is 4.31 Å². The minimum Gasteiger partial charge on any atom is -0.376 e.